The molecule has 0 radical (unpaired) electrons. The normalized spacial score (nSPS) is 50.1. The summed E-state index contributed by atoms with van der Waals surface area (Å²) in [5, 5.41) is 25.8. The fraction of sp³-hybridized carbons (Fsp3) is 0.781. The van der Waals surface area contributed by atoms with Crippen molar-refractivity contribution in [1.82, 2.24) is 4.90 Å². The number of aliphatic hydroxyl groups excluding tert-OH is 1. The van der Waals surface area contributed by atoms with Crippen LogP contribution in [0, 0.1) is 34.5 Å². The molecule has 7 bridgehead atoms. The van der Waals surface area contributed by atoms with Gasteiger partial charge in [-0.1, -0.05) is 19.1 Å². The third kappa shape index (κ3) is 3.07. The Morgan fingerprint density at radius 1 is 1.14 bits per heavy atom. The van der Waals surface area contributed by atoms with E-state index in [0.717, 1.165) is 6.42 Å². The molecule has 6 fully saturated rings. The molecule has 0 unspecified atom stereocenters. The van der Waals surface area contributed by atoms with E-state index in [1.54, 1.807) is 52.7 Å². The van der Waals surface area contributed by atoms with Gasteiger partial charge in [0.25, 0.3) is 0 Å². The van der Waals surface area contributed by atoms with Gasteiger partial charge in [-0.05, 0) is 43.9 Å². The fourth-order valence-corrected chi connectivity index (χ4v) is 12.0. The molecule has 1 saturated heterocycles. The molecule has 5 saturated carbocycles. The monoisotopic (exact) mass is 586 g/mol. The van der Waals surface area contributed by atoms with Crippen LogP contribution in [0.25, 0.3) is 0 Å². The molecule has 1 aromatic carbocycles. The second-order valence-electron chi connectivity index (χ2n) is 13.8. The van der Waals surface area contributed by atoms with Crippen molar-refractivity contribution in [2.24, 2.45) is 34.5 Å². The van der Waals surface area contributed by atoms with Crippen LogP contribution in [-0.2, 0) is 23.7 Å². The summed E-state index contributed by atoms with van der Waals surface area (Å²) in [5.74, 6) is -0.767. The number of esters is 1. The minimum absolute atomic E-state index is 0.00697. The average Bonchev–Trinajstić information content (AvgIpc) is 3.40. The number of benzene rings is 1. The van der Waals surface area contributed by atoms with Crippen molar-refractivity contribution >= 4 is 11.7 Å². The highest BCUT2D eigenvalue weighted by Gasteiger charge is 2.91. The number of hydrogen-bond acceptors (Lipinski definition) is 10. The number of nitrogens with zero attached hydrogens (tertiary/aromatic N) is 1. The number of ether oxygens (including phenoxy) is 5. The molecule has 1 spiro atoms. The number of hydrogen-bond donors (Lipinski definition) is 3. The van der Waals surface area contributed by atoms with E-state index >= 15 is 0 Å². The van der Waals surface area contributed by atoms with Crippen LogP contribution >= 0.6 is 0 Å². The first kappa shape index (κ1) is 29.0. The van der Waals surface area contributed by atoms with Gasteiger partial charge in [-0.2, -0.15) is 0 Å². The van der Waals surface area contributed by atoms with Crippen LogP contribution < -0.4 is 5.73 Å². The van der Waals surface area contributed by atoms with Gasteiger partial charge < -0.3 is 39.6 Å². The Morgan fingerprint density at radius 2 is 1.90 bits per heavy atom. The van der Waals surface area contributed by atoms with Crippen molar-refractivity contribution in [3.8, 4) is 0 Å². The van der Waals surface area contributed by atoms with Gasteiger partial charge in [-0.25, -0.2) is 4.79 Å². The number of para-hydroxylation sites is 1. The van der Waals surface area contributed by atoms with E-state index in [1.807, 2.05) is 0 Å². The number of likely N-dealkylation sites (N-methyl/N-ethyl adjacent to an activating group) is 1. The molecule has 13 atom stereocenters. The summed E-state index contributed by atoms with van der Waals surface area (Å²) in [6.07, 6.45) is 0.846. The molecule has 4 N–H and O–H groups in total. The van der Waals surface area contributed by atoms with Crippen LogP contribution in [0.4, 0.5) is 5.69 Å². The zero-order chi connectivity index (χ0) is 29.8. The first-order valence-electron chi connectivity index (χ1n) is 15.5. The molecule has 0 aromatic heterocycles. The van der Waals surface area contributed by atoms with Crippen molar-refractivity contribution in [3.63, 3.8) is 0 Å². The number of anilines is 1. The zero-order valence-electron chi connectivity index (χ0n) is 25.3. The predicted octanol–water partition coefficient (Wildman–Crippen LogP) is 1.72. The van der Waals surface area contributed by atoms with Crippen molar-refractivity contribution < 1.29 is 38.7 Å². The molecule has 42 heavy (non-hydrogen) atoms. The molecular formula is C32H46N2O8. The topological polar surface area (TPSA) is 133 Å². The maximum Gasteiger partial charge on any atom is 0.340 e. The average molecular weight is 587 g/mol. The quantitative estimate of drug-likeness (QED) is 0.306. The van der Waals surface area contributed by atoms with Crippen molar-refractivity contribution in [3.05, 3.63) is 29.8 Å². The number of piperidine rings is 1. The number of fused-ring (bicyclic) bond motifs is 2. The SMILES string of the molecule is CCN1C[C@]2(COC(=O)c3ccccc3N)CC[C@H](O)[C@@]34[C@@H]5C[C@H]6[C@H](OC)[C@@H]5[C@](OC)(C[C@@H]6OC)[C@@](O)([C@@H](OC)[C@H]23)[C@@H]14. The van der Waals surface area contributed by atoms with Gasteiger partial charge in [-0.3, -0.25) is 4.90 Å². The highest BCUT2D eigenvalue weighted by Crippen LogP contribution is 2.80. The van der Waals surface area contributed by atoms with Gasteiger partial charge >= 0.3 is 5.97 Å². The summed E-state index contributed by atoms with van der Waals surface area (Å²) >= 11 is 0. The van der Waals surface area contributed by atoms with Crippen molar-refractivity contribution in [1.29, 1.82) is 0 Å². The maximum absolute atomic E-state index is 13.5. The van der Waals surface area contributed by atoms with E-state index in [2.05, 4.69) is 11.8 Å². The van der Waals surface area contributed by atoms with E-state index in [9.17, 15) is 15.0 Å². The summed E-state index contributed by atoms with van der Waals surface area (Å²) in [6.45, 7) is 3.53. The molecule has 1 aliphatic heterocycles. The van der Waals surface area contributed by atoms with E-state index in [0.29, 0.717) is 43.6 Å². The minimum Gasteiger partial charge on any atom is -0.461 e. The summed E-state index contributed by atoms with van der Waals surface area (Å²) < 4.78 is 31.5. The Bertz CT molecular complexity index is 1250. The molecule has 6 aliphatic rings. The Hall–Kier alpha value is -1.79. The lowest BCUT2D eigenvalue weighted by Crippen LogP contribution is -2.82. The number of nitrogens with two attached hydrogens (primary N) is 1. The van der Waals surface area contributed by atoms with Crippen molar-refractivity contribution in [2.45, 2.75) is 74.3 Å². The number of likely N-dealkylation sites (tertiary alicyclic amines) is 1. The van der Waals surface area contributed by atoms with E-state index in [-0.39, 0.29) is 42.5 Å². The number of carbonyl (C=O) groups is 1. The molecule has 5 aliphatic carbocycles. The number of aliphatic hydroxyl groups is 2. The second kappa shape index (κ2) is 9.60. The summed E-state index contributed by atoms with van der Waals surface area (Å²) in [7, 11) is 6.81. The molecule has 1 heterocycles. The highest BCUT2D eigenvalue weighted by atomic mass is 16.5. The first-order chi connectivity index (χ1) is 20.2. The number of nitrogen functional groups attached to an aromatic ring is 1. The fourth-order valence-electron chi connectivity index (χ4n) is 12.0. The van der Waals surface area contributed by atoms with Crippen LogP contribution in [0.1, 0.15) is 43.0 Å². The van der Waals surface area contributed by atoms with Gasteiger partial charge in [0.2, 0.25) is 0 Å². The largest absolute Gasteiger partial charge is 0.461 e. The molecule has 10 heteroatoms. The zero-order valence-corrected chi connectivity index (χ0v) is 25.3. The number of rotatable bonds is 8. The van der Waals surface area contributed by atoms with E-state index in [1.165, 1.54) is 0 Å². The van der Waals surface area contributed by atoms with Gasteiger partial charge in [0.05, 0.1) is 42.6 Å². The van der Waals surface area contributed by atoms with Crippen LogP contribution in [0.5, 0.6) is 0 Å². The molecular weight excluding hydrogens is 540 g/mol. The van der Waals surface area contributed by atoms with Crippen LogP contribution in [0.3, 0.4) is 0 Å². The van der Waals surface area contributed by atoms with E-state index < -0.39 is 46.3 Å². The lowest BCUT2D eigenvalue weighted by atomic mass is 9.42. The summed E-state index contributed by atoms with van der Waals surface area (Å²) in [4.78, 5) is 15.7. The standard InChI is InChI=1S/C32H46N2O8/c1-6-34-15-29(16-42-27(36)17-9-7-8-10-20(17)33)12-11-22(35)31-19-13-18-21(38-2)14-30(41-5,23(19)24(18)39-3)32(37,28(31)34)26(40-4)25(29)31/h7-10,18-19,21-26,28,35,37H,6,11-16,33H2,1-5H3/t18-,19-,21+,22+,23-,24+,25-,26+,28+,29+,30-,31+,32-/m1/s1. The van der Waals surface area contributed by atoms with Gasteiger partial charge in [0, 0.05) is 75.7 Å². The molecule has 0 amide bonds. The smallest absolute Gasteiger partial charge is 0.340 e. The highest BCUT2D eigenvalue weighted by molar-refractivity contribution is 5.95. The lowest BCUT2D eigenvalue weighted by molar-refractivity contribution is -0.325. The Balaban J connectivity index is 1.41. The predicted molar refractivity (Wildman–Crippen MR) is 153 cm³/mol. The lowest BCUT2D eigenvalue weighted by Gasteiger charge is -2.70. The third-order valence-electron chi connectivity index (χ3n) is 13.0. The summed E-state index contributed by atoms with van der Waals surface area (Å²) in [6, 6.07) is 6.54. The number of methoxy groups -OCH3 is 4. The molecule has 10 nitrogen and oxygen atoms in total. The van der Waals surface area contributed by atoms with Gasteiger partial charge in [0.15, 0.2) is 0 Å². The Morgan fingerprint density at radius 3 is 2.55 bits per heavy atom. The van der Waals surface area contributed by atoms with Crippen LogP contribution in [0.15, 0.2) is 24.3 Å². The Labute approximate surface area is 247 Å². The van der Waals surface area contributed by atoms with Gasteiger partial charge in [-0.15, -0.1) is 0 Å². The van der Waals surface area contributed by atoms with Crippen LogP contribution in [-0.4, -0.2) is 111 Å². The van der Waals surface area contributed by atoms with E-state index in [4.69, 9.17) is 29.4 Å². The molecule has 232 valence electrons. The van der Waals surface area contributed by atoms with Crippen molar-refractivity contribution in [2.75, 3.05) is 53.9 Å². The first-order valence-corrected chi connectivity index (χ1v) is 15.5. The van der Waals surface area contributed by atoms with Gasteiger partial charge in [0.1, 0.15) is 11.2 Å². The summed E-state index contributed by atoms with van der Waals surface area (Å²) in [5.41, 5.74) is 3.09. The van der Waals surface area contributed by atoms with Crippen LogP contribution in [0.2, 0.25) is 0 Å². The Kier molecular flexibility index (Phi) is 6.62. The number of carbonyl (C=O) groups excluding carboxylic acids is 1. The molecule has 1 aromatic rings. The minimum atomic E-state index is -1.47. The molecule has 7 rings (SSSR count). The second-order valence-corrected chi connectivity index (χ2v) is 13.8. The third-order valence-corrected chi connectivity index (χ3v) is 13.0. The maximum atomic E-state index is 13.5.